The Morgan fingerprint density at radius 1 is 0.917 bits per heavy atom. The second kappa shape index (κ2) is 6.54. The summed E-state index contributed by atoms with van der Waals surface area (Å²) in [5, 5.41) is 8.91. The molecule has 126 valence electrons. The van der Waals surface area contributed by atoms with Gasteiger partial charge in [-0.1, -0.05) is 0 Å². The van der Waals surface area contributed by atoms with Crippen molar-refractivity contribution in [2.24, 2.45) is 0 Å². The monoisotopic (exact) mass is 324 g/mol. The number of rotatable bonds is 3. The molecule has 24 heavy (non-hydrogen) atoms. The van der Waals surface area contributed by atoms with Gasteiger partial charge in [0, 0.05) is 37.9 Å². The van der Waals surface area contributed by atoms with Gasteiger partial charge >= 0.3 is 0 Å². The van der Waals surface area contributed by atoms with Crippen LogP contribution in [0, 0.1) is 11.3 Å². The van der Waals surface area contributed by atoms with Gasteiger partial charge in [0.1, 0.15) is 0 Å². The summed E-state index contributed by atoms with van der Waals surface area (Å²) in [6.07, 6.45) is 4.78. The predicted molar refractivity (Wildman–Crippen MR) is 92.7 cm³/mol. The molecule has 0 radical (unpaired) electrons. The van der Waals surface area contributed by atoms with E-state index in [1.165, 1.54) is 19.4 Å². The van der Waals surface area contributed by atoms with Crippen LogP contribution in [-0.4, -0.2) is 60.5 Å². The summed E-state index contributed by atoms with van der Waals surface area (Å²) >= 11 is 0. The number of anilines is 1. The molecular weight excluding hydrogens is 300 g/mol. The van der Waals surface area contributed by atoms with Gasteiger partial charge in [-0.2, -0.15) is 5.26 Å². The van der Waals surface area contributed by atoms with Crippen molar-refractivity contribution in [3.8, 4) is 6.07 Å². The largest absolute Gasteiger partial charge is 0.311 e. The van der Waals surface area contributed by atoms with E-state index in [1.54, 1.807) is 12.1 Å². The van der Waals surface area contributed by atoms with Crippen LogP contribution in [-0.2, 0) is 4.79 Å². The predicted octanol–water partition coefficient (Wildman–Crippen LogP) is 1.83. The maximum atomic E-state index is 12.9. The van der Waals surface area contributed by atoms with Gasteiger partial charge < -0.3 is 4.90 Å². The molecule has 4 rings (SSSR count). The molecule has 3 fully saturated rings. The number of benzene rings is 1. The minimum Gasteiger partial charge on any atom is -0.311 e. The van der Waals surface area contributed by atoms with Crippen LogP contribution in [0.25, 0.3) is 0 Å². The molecule has 5 nitrogen and oxygen atoms in total. The molecule has 2 saturated heterocycles. The number of hydrogen-bond acceptors (Lipinski definition) is 4. The van der Waals surface area contributed by atoms with Crippen molar-refractivity contribution < 1.29 is 4.79 Å². The van der Waals surface area contributed by atoms with Gasteiger partial charge in [-0.3, -0.25) is 14.6 Å². The molecule has 1 amide bonds. The summed E-state index contributed by atoms with van der Waals surface area (Å²) in [4.78, 5) is 19.8. The van der Waals surface area contributed by atoms with Gasteiger partial charge in [0.15, 0.2) is 0 Å². The van der Waals surface area contributed by atoms with Gasteiger partial charge in [0.25, 0.3) is 0 Å². The summed E-state index contributed by atoms with van der Waals surface area (Å²) < 4.78 is 0. The lowest BCUT2D eigenvalue weighted by Crippen LogP contribution is -2.43. The lowest BCUT2D eigenvalue weighted by Gasteiger charge is -2.26. The van der Waals surface area contributed by atoms with Crippen LogP contribution in [0.3, 0.4) is 0 Å². The van der Waals surface area contributed by atoms with Crippen molar-refractivity contribution in [3.63, 3.8) is 0 Å². The van der Waals surface area contributed by atoms with E-state index >= 15 is 0 Å². The van der Waals surface area contributed by atoms with E-state index in [2.05, 4.69) is 15.9 Å². The summed E-state index contributed by atoms with van der Waals surface area (Å²) in [5.74, 6) is 0.222. The van der Waals surface area contributed by atoms with Gasteiger partial charge in [-0.15, -0.1) is 0 Å². The zero-order valence-electron chi connectivity index (χ0n) is 14.0. The lowest BCUT2D eigenvalue weighted by atomic mass is 10.2. The van der Waals surface area contributed by atoms with Crippen LogP contribution >= 0.6 is 0 Å². The van der Waals surface area contributed by atoms with Crippen LogP contribution in [0.4, 0.5) is 5.69 Å². The van der Waals surface area contributed by atoms with Crippen molar-refractivity contribution in [1.82, 2.24) is 9.80 Å². The first-order valence-electron chi connectivity index (χ1n) is 9.06. The second-order valence-electron chi connectivity index (χ2n) is 7.11. The third-order valence-electron chi connectivity index (χ3n) is 5.55. The zero-order chi connectivity index (χ0) is 16.5. The summed E-state index contributed by atoms with van der Waals surface area (Å²) in [5.41, 5.74) is 1.55. The molecule has 1 aliphatic carbocycles. The number of carbonyl (C=O) groups excluding carboxylic acids is 1. The van der Waals surface area contributed by atoms with E-state index < -0.39 is 0 Å². The standard InChI is InChI=1S/C19H24N4O/c20-14-15-2-4-17(5-3-15)23-11-8-18(19(23)24)22-10-1-9-21(12-13-22)16-6-7-16/h2-5,16,18H,1,6-13H2. The van der Waals surface area contributed by atoms with E-state index in [0.717, 1.165) is 50.7 Å². The Morgan fingerprint density at radius 2 is 1.62 bits per heavy atom. The average Bonchev–Trinajstić information content (AvgIpc) is 3.41. The highest BCUT2D eigenvalue weighted by Gasteiger charge is 2.38. The fraction of sp³-hybridized carbons (Fsp3) is 0.579. The van der Waals surface area contributed by atoms with Crippen molar-refractivity contribution in [1.29, 1.82) is 5.26 Å². The molecule has 1 saturated carbocycles. The molecule has 2 heterocycles. The molecule has 2 aliphatic heterocycles. The lowest BCUT2D eigenvalue weighted by molar-refractivity contribution is -0.121. The molecule has 5 heteroatoms. The SMILES string of the molecule is N#Cc1ccc(N2CCC(N3CCCN(C4CC4)CC3)C2=O)cc1. The van der Waals surface area contributed by atoms with Crippen LogP contribution in [0.2, 0.25) is 0 Å². The van der Waals surface area contributed by atoms with Gasteiger partial charge in [0.05, 0.1) is 17.7 Å². The highest BCUT2D eigenvalue weighted by Crippen LogP contribution is 2.29. The Labute approximate surface area is 143 Å². The fourth-order valence-electron chi connectivity index (χ4n) is 4.05. The molecular formula is C19H24N4O. The molecule has 1 aromatic carbocycles. The number of amides is 1. The normalized spacial score (nSPS) is 26.4. The highest BCUT2D eigenvalue weighted by molar-refractivity contribution is 5.99. The Morgan fingerprint density at radius 3 is 2.33 bits per heavy atom. The molecule has 0 aromatic heterocycles. The molecule has 1 aromatic rings. The first-order valence-corrected chi connectivity index (χ1v) is 9.06. The first kappa shape index (κ1) is 15.6. The third kappa shape index (κ3) is 3.04. The zero-order valence-corrected chi connectivity index (χ0v) is 14.0. The highest BCUT2D eigenvalue weighted by atomic mass is 16.2. The number of carbonyl (C=O) groups is 1. The maximum absolute atomic E-state index is 12.9. The summed E-state index contributed by atoms with van der Waals surface area (Å²) in [6, 6.07) is 10.3. The Kier molecular flexibility index (Phi) is 4.26. The molecule has 0 bridgehead atoms. The topological polar surface area (TPSA) is 50.6 Å². The third-order valence-corrected chi connectivity index (χ3v) is 5.55. The molecule has 0 N–H and O–H groups in total. The van der Waals surface area contributed by atoms with Crippen LogP contribution in [0.15, 0.2) is 24.3 Å². The first-order chi connectivity index (χ1) is 11.8. The Bertz CT molecular complexity index is 646. The second-order valence-corrected chi connectivity index (χ2v) is 7.11. The summed E-state index contributed by atoms with van der Waals surface area (Å²) in [6.45, 7) is 5.10. The minimum absolute atomic E-state index is 0.0276. The van der Waals surface area contributed by atoms with E-state index in [0.29, 0.717) is 5.56 Å². The molecule has 1 atom stereocenters. The maximum Gasteiger partial charge on any atom is 0.244 e. The smallest absolute Gasteiger partial charge is 0.244 e. The molecule has 1 unspecified atom stereocenters. The van der Waals surface area contributed by atoms with Crippen molar-refractivity contribution >= 4 is 11.6 Å². The quantitative estimate of drug-likeness (QED) is 0.851. The molecule has 0 spiro atoms. The van der Waals surface area contributed by atoms with E-state index in [-0.39, 0.29) is 11.9 Å². The van der Waals surface area contributed by atoms with Gasteiger partial charge in [-0.05, 0) is 56.5 Å². The van der Waals surface area contributed by atoms with E-state index in [9.17, 15) is 4.79 Å². The van der Waals surface area contributed by atoms with Crippen LogP contribution < -0.4 is 4.90 Å². The van der Waals surface area contributed by atoms with E-state index in [4.69, 9.17) is 5.26 Å². The number of nitrogens with zero attached hydrogens (tertiary/aromatic N) is 4. The Hall–Kier alpha value is -1.90. The van der Waals surface area contributed by atoms with Crippen LogP contribution in [0.5, 0.6) is 0 Å². The molecule has 3 aliphatic rings. The van der Waals surface area contributed by atoms with Gasteiger partial charge in [-0.25, -0.2) is 0 Å². The Balaban J connectivity index is 1.41. The van der Waals surface area contributed by atoms with Gasteiger partial charge in [0.2, 0.25) is 5.91 Å². The van der Waals surface area contributed by atoms with Crippen molar-refractivity contribution in [2.45, 2.75) is 37.8 Å². The number of nitriles is 1. The summed E-state index contributed by atoms with van der Waals surface area (Å²) in [7, 11) is 0. The van der Waals surface area contributed by atoms with Crippen molar-refractivity contribution in [3.05, 3.63) is 29.8 Å². The van der Waals surface area contributed by atoms with Crippen molar-refractivity contribution in [2.75, 3.05) is 37.6 Å². The minimum atomic E-state index is 0.0276. The van der Waals surface area contributed by atoms with E-state index in [1.807, 2.05) is 17.0 Å². The average molecular weight is 324 g/mol. The number of hydrogen-bond donors (Lipinski definition) is 0. The van der Waals surface area contributed by atoms with Crippen LogP contribution in [0.1, 0.15) is 31.2 Å². The fourth-order valence-corrected chi connectivity index (χ4v) is 4.05.